The lowest BCUT2D eigenvalue weighted by atomic mass is 10.2. The molecule has 0 fully saturated rings. The van der Waals surface area contributed by atoms with Crippen LogP contribution in [0.1, 0.15) is 4.88 Å². The lowest BCUT2D eigenvalue weighted by molar-refractivity contribution is -0.119. The van der Waals surface area contributed by atoms with Crippen molar-refractivity contribution in [2.75, 3.05) is 13.7 Å². The van der Waals surface area contributed by atoms with Crippen LogP contribution in [0.4, 0.5) is 0 Å². The Labute approximate surface area is 108 Å². The average molecular weight is 286 g/mol. The topological polar surface area (TPSA) is 87.0 Å². The fourth-order valence-electron chi connectivity index (χ4n) is 1.43. The lowest BCUT2D eigenvalue weighted by Gasteiger charge is -2.22. The number of allylic oxidation sites excluding steroid dienone is 1. The summed E-state index contributed by atoms with van der Waals surface area (Å²) in [5.41, 5.74) is 0.121. The third-order valence-electron chi connectivity index (χ3n) is 2.38. The van der Waals surface area contributed by atoms with Gasteiger partial charge in [0.15, 0.2) is 0 Å². The third-order valence-corrected chi connectivity index (χ3v) is 4.58. The average Bonchev–Trinajstić information content (AvgIpc) is 2.85. The standard InChI is InChI=1S/C10H10N2O4S2/c1-12-8(9(14)6-13)5-7(11-18(12,15)16)10-3-2-4-17-10/h2-5,13H,6H2,1H3. The first-order valence-corrected chi connectivity index (χ1v) is 7.22. The third kappa shape index (κ3) is 2.22. The summed E-state index contributed by atoms with van der Waals surface area (Å²) in [6.45, 7) is -0.747. The van der Waals surface area contributed by atoms with Gasteiger partial charge in [-0.1, -0.05) is 6.07 Å². The molecule has 1 aromatic heterocycles. The second-order valence-electron chi connectivity index (χ2n) is 3.51. The number of hydrogen-bond donors (Lipinski definition) is 1. The monoisotopic (exact) mass is 286 g/mol. The van der Waals surface area contributed by atoms with Gasteiger partial charge < -0.3 is 5.11 Å². The van der Waals surface area contributed by atoms with E-state index in [2.05, 4.69) is 4.40 Å². The Morgan fingerprint density at radius 1 is 1.56 bits per heavy atom. The number of aliphatic hydroxyl groups is 1. The van der Waals surface area contributed by atoms with Gasteiger partial charge in [-0.15, -0.1) is 15.7 Å². The van der Waals surface area contributed by atoms with Crippen LogP contribution in [0.2, 0.25) is 0 Å². The highest BCUT2D eigenvalue weighted by atomic mass is 32.2. The molecular weight excluding hydrogens is 276 g/mol. The van der Waals surface area contributed by atoms with E-state index in [-0.39, 0.29) is 11.4 Å². The molecule has 1 N–H and O–H groups in total. The van der Waals surface area contributed by atoms with Gasteiger partial charge in [0, 0.05) is 7.05 Å². The molecule has 1 aliphatic rings. The number of thiophene rings is 1. The minimum absolute atomic E-state index is 0.0871. The number of rotatable bonds is 3. The number of hydrogen-bond acceptors (Lipinski definition) is 5. The van der Waals surface area contributed by atoms with E-state index >= 15 is 0 Å². The van der Waals surface area contributed by atoms with Crippen molar-refractivity contribution in [2.45, 2.75) is 0 Å². The summed E-state index contributed by atoms with van der Waals surface area (Å²) in [6, 6.07) is 3.47. The van der Waals surface area contributed by atoms with Crippen LogP contribution in [-0.4, -0.2) is 43.0 Å². The molecule has 2 heterocycles. The maximum absolute atomic E-state index is 11.8. The molecule has 0 bridgehead atoms. The van der Waals surface area contributed by atoms with Crippen molar-refractivity contribution < 1.29 is 18.3 Å². The highest BCUT2D eigenvalue weighted by Crippen LogP contribution is 2.21. The van der Waals surface area contributed by atoms with Gasteiger partial charge in [0.05, 0.1) is 10.6 Å². The first-order valence-electron chi connectivity index (χ1n) is 4.94. The second-order valence-corrected chi connectivity index (χ2v) is 6.08. The summed E-state index contributed by atoms with van der Waals surface area (Å²) in [7, 11) is -2.69. The van der Waals surface area contributed by atoms with Gasteiger partial charge in [0.1, 0.15) is 12.3 Å². The largest absolute Gasteiger partial charge is 0.388 e. The number of likely N-dealkylation sites (N-methyl/N-ethyl adjacent to an activating group) is 1. The molecule has 0 unspecified atom stereocenters. The minimum Gasteiger partial charge on any atom is -0.388 e. The van der Waals surface area contributed by atoms with E-state index in [4.69, 9.17) is 5.11 Å². The van der Waals surface area contributed by atoms with Gasteiger partial charge in [0.25, 0.3) is 0 Å². The fourth-order valence-corrected chi connectivity index (χ4v) is 3.10. The van der Waals surface area contributed by atoms with E-state index in [0.717, 1.165) is 4.31 Å². The summed E-state index contributed by atoms with van der Waals surface area (Å²) >= 11 is 1.32. The summed E-state index contributed by atoms with van der Waals surface area (Å²) in [5.74, 6) is -0.662. The molecule has 0 saturated heterocycles. The Morgan fingerprint density at radius 2 is 2.28 bits per heavy atom. The number of carbonyl (C=O) groups is 1. The zero-order valence-electron chi connectivity index (χ0n) is 9.40. The number of Topliss-reactive ketones (excluding diaryl/α,β-unsaturated/α-hetero) is 1. The Morgan fingerprint density at radius 3 is 2.83 bits per heavy atom. The molecule has 0 spiro atoms. The van der Waals surface area contributed by atoms with Gasteiger partial charge >= 0.3 is 10.2 Å². The molecule has 0 radical (unpaired) electrons. The van der Waals surface area contributed by atoms with E-state index in [9.17, 15) is 13.2 Å². The molecule has 2 rings (SSSR count). The predicted octanol–water partition coefficient (Wildman–Crippen LogP) is 0.173. The van der Waals surface area contributed by atoms with Crippen LogP contribution in [0.25, 0.3) is 0 Å². The molecule has 6 nitrogen and oxygen atoms in total. The highest BCUT2D eigenvalue weighted by molar-refractivity contribution is 7.88. The van der Waals surface area contributed by atoms with E-state index in [1.165, 1.54) is 24.5 Å². The Kier molecular flexibility index (Phi) is 3.33. The van der Waals surface area contributed by atoms with Gasteiger partial charge in [-0.2, -0.15) is 8.42 Å². The Balaban J connectivity index is 2.55. The zero-order chi connectivity index (χ0) is 13.3. The number of ketones is 1. The molecule has 18 heavy (non-hydrogen) atoms. The van der Waals surface area contributed by atoms with Crippen molar-refractivity contribution in [1.29, 1.82) is 0 Å². The Hall–Kier alpha value is -1.51. The van der Waals surface area contributed by atoms with Crippen LogP contribution >= 0.6 is 11.3 Å². The molecule has 0 atom stereocenters. The van der Waals surface area contributed by atoms with Gasteiger partial charge in [-0.3, -0.25) is 9.10 Å². The number of nitrogens with zero attached hydrogens (tertiary/aromatic N) is 2. The summed E-state index contributed by atoms with van der Waals surface area (Å²) < 4.78 is 28.0. The van der Waals surface area contributed by atoms with Crippen LogP contribution in [0.15, 0.2) is 33.7 Å². The summed E-state index contributed by atoms with van der Waals surface area (Å²) in [5, 5.41) is 10.6. The minimum atomic E-state index is -3.91. The number of carbonyl (C=O) groups excluding carboxylic acids is 1. The maximum Gasteiger partial charge on any atom is 0.345 e. The van der Waals surface area contributed by atoms with Crippen LogP contribution in [0, 0.1) is 0 Å². The highest BCUT2D eigenvalue weighted by Gasteiger charge is 2.29. The molecule has 0 aliphatic carbocycles. The van der Waals surface area contributed by atoms with Crippen molar-refractivity contribution in [2.24, 2.45) is 4.40 Å². The van der Waals surface area contributed by atoms with E-state index in [1.54, 1.807) is 17.5 Å². The molecule has 1 aliphatic heterocycles. The molecule has 96 valence electrons. The first kappa shape index (κ1) is 12.9. The van der Waals surface area contributed by atoms with Crippen molar-refractivity contribution >= 4 is 33.0 Å². The van der Waals surface area contributed by atoms with Crippen molar-refractivity contribution in [3.05, 3.63) is 34.2 Å². The first-order chi connectivity index (χ1) is 8.45. The van der Waals surface area contributed by atoms with Crippen molar-refractivity contribution in [1.82, 2.24) is 4.31 Å². The van der Waals surface area contributed by atoms with Gasteiger partial charge in [0.2, 0.25) is 5.78 Å². The molecule has 8 heteroatoms. The van der Waals surface area contributed by atoms with Crippen LogP contribution in [0.5, 0.6) is 0 Å². The quantitative estimate of drug-likeness (QED) is 0.858. The van der Waals surface area contributed by atoms with E-state index in [0.29, 0.717) is 4.88 Å². The van der Waals surface area contributed by atoms with E-state index < -0.39 is 22.6 Å². The fraction of sp³-hybridized carbons (Fsp3) is 0.200. The second kappa shape index (κ2) is 4.63. The van der Waals surface area contributed by atoms with Crippen LogP contribution < -0.4 is 0 Å². The molecule has 0 aromatic carbocycles. The molecular formula is C10H10N2O4S2. The molecule has 0 amide bonds. The van der Waals surface area contributed by atoms with Crippen molar-refractivity contribution in [3.63, 3.8) is 0 Å². The maximum atomic E-state index is 11.8. The summed E-state index contributed by atoms with van der Waals surface area (Å²) in [6.07, 6.45) is 1.37. The van der Waals surface area contributed by atoms with E-state index in [1.807, 2.05) is 0 Å². The predicted molar refractivity (Wildman–Crippen MR) is 67.7 cm³/mol. The van der Waals surface area contributed by atoms with Crippen LogP contribution in [0.3, 0.4) is 0 Å². The number of aliphatic hydroxyl groups excluding tert-OH is 1. The normalized spacial score (nSPS) is 18.2. The summed E-state index contributed by atoms with van der Waals surface area (Å²) in [4.78, 5) is 12.2. The Bertz CT molecular complexity index is 629. The zero-order valence-corrected chi connectivity index (χ0v) is 11.0. The lowest BCUT2D eigenvalue weighted by Crippen LogP contribution is -2.34. The smallest absolute Gasteiger partial charge is 0.345 e. The van der Waals surface area contributed by atoms with Crippen LogP contribution in [-0.2, 0) is 15.0 Å². The molecule has 0 saturated carbocycles. The van der Waals surface area contributed by atoms with Gasteiger partial charge in [-0.05, 0) is 17.5 Å². The van der Waals surface area contributed by atoms with Crippen molar-refractivity contribution in [3.8, 4) is 0 Å². The SMILES string of the molecule is CN1C(C(=O)CO)=CC(c2cccs2)=NS1(=O)=O. The van der Waals surface area contributed by atoms with Gasteiger partial charge in [-0.25, -0.2) is 0 Å². The molecule has 1 aromatic rings.